The summed E-state index contributed by atoms with van der Waals surface area (Å²) in [6, 6.07) is 11.0. The molecule has 6 nitrogen and oxygen atoms in total. The van der Waals surface area contributed by atoms with E-state index in [2.05, 4.69) is 10.5 Å². The number of ether oxygens (including phenoxy) is 1. The highest BCUT2D eigenvalue weighted by Gasteiger charge is 2.41. The molecule has 2 aromatic carbocycles. The van der Waals surface area contributed by atoms with Crippen molar-refractivity contribution in [2.75, 3.05) is 0 Å². The summed E-state index contributed by atoms with van der Waals surface area (Å²) in [5.41, 5.74) is 0.657. The van der Waals surface area contributed by atoms with Crippen LogP contribution in [-0.2, 0) is 4.74 Å². The van der Waals surface area contributed by atoms with Crippen molar-refractivity contribution in [3.8, 4) is 0 Å². The zero-order valence-corrected chi connectivity index (χ0v) is 14.4. The van der Waals surface area contributed by atoms with Crippen LogP contribution in [0.4, 0.5) is 4.79 Å². The van der Waals surface area contributed by atoms with Crippen LogP contribution in [-0.4, -0.2) is 23.6 Å². The van der Waals surface area contributed by atoms with Crippen LogP contribution >= 0.6 is 0 Å². The topological polar surface area (TPSA) is 84.8 Å². The first-order valence-electron chi connectivity index (χ1n) is 8.18. The zero-order chi connectivity index (χ0) is 18.2. The van der Waals surface area contributed by atoms with Crippen LogP contribution in [0, 0.1) is 4.91 Å². The minimum absolute atomic E-state index is 0.0387. The first-order chi connectivity index (χ1) is 11.8. The van der Waals surface area contributed by atoms with E-state index >= 15 is 0 Å². The van der Waals surface area contributed by atoms with Gasteiger partial charge in [-0.15, -0.1) is 4.91 Å². The molecule has 6 heteroatoms. The summed E-state index contributed by atoms with van der Waals surface area (Å²) in [7, 11) is 0. The maximum absolute atomic E-state index is 11.9. The Hall–Kier alpha value is -2.76. The highest BCUT2D eigenvalue weighted by Crippen LogP contribution is 2.42. The summed E-state index contributed by atoms with van der Waals surface area (Å²) in [6.45, 7) is 5.43. The normalized spacial score (nSPS) is 19.3. The van der Waals surface area contributed by atoms with Gasteiger partial charge in [0.25, 0.3) is 0 Å². The molecule has 2 amide bonds. The van der Waals surface area contributed by atoms with Crippen molar-refractivity contribution in [3.63, 3.8) is 0 Å². The molecule has 1 aliphatic rings. The summed E-state index contributed by atoms with van der Waals surface area (Å²) >= 11 is 0. The minimum Gasteiger partial charge on any atom is -0.444 e. The van der Waals surface area contributed by atoms with Crippen molar-refractivity contribution >= 4 is 22.8 Å². The Morgan fingerprint density at radius 2 is 1.92 bits per heavy atom. The second-order valence-corrected chi connectivity index (χ2v) is 7.28. The summed E-state index contributed by atoms with van der Waals surface area (Å²) < 4.78 is 5.26. The SMILES string of the molecule is CC(C)(C)OC(=O)NC1CC1c1cc(C(=O)N=O)c2ccccc2c1. The molecule has 2 atom stereocenters. The molecule has 0 spiro atoms. The quantitative estimate of drug-likeness (QED) is 0.852. The lowest BCUT2D eigenvalue weighted by atomic mass is 9.98. The number of carbonyl (C=O) groups is 2. The van der Waals surface area contributed by atoms with Gasteiger partial charge in [-0.25, -0.2) is 4.79 Å². The van der Waals surface area contributed by atoms with E-state index < -0.39 is 17.6 Å². The molecule has 0 aromatic heterocycles. The molecule has 1 fully saturated rings. The van der Waals surface area contributed by atoms with Crippen molar-refractivity contribution in [1.82, 2.24) is 5.32 Å². The molecule has 0 bridgehead atoms. The van der Waals surface area contributed by atoms with Crippen molar-refractivity contribution in [3.05, 3.63) is 52.4 Å². The fourth-order valence-electron chi connectivity index (χ4n) is 2.96. The Bertz CT molecular complexity index is 854. The Labute approximate surface area is 145 Å². The molecule has 1 N–H and O–H groups in total. The van der Waals surface area contributed by atoms with Gasteiger partial charge in [0.15, 0.2) is 0 Å². The molecule has 25 heavy (non-hydrogen) atoms. The van der Waals surface area contributed by atoms with Crippen LogP contribution in [0.3, 0.4) is 0 Å². The lowest BCUT2D eigenvalue weighted by Crippen LogP contribution is -2.34. The third-order valence-corrected chi connectivity index (χ3v) is 4.12. The maximum Gasteiger partial charge on any atom is 0.407 e. The van der Waals surface area contributed by atoms with Crippen LogP contribution in [0.5, 0.6) is 0 Å². The standard InChI is InChI=1S/C19H20N2O4/c1-19(2,3)25-18(23)20-16-10-14(16)12-8-11-6-4-5-7-13(11)15(9-12)17(22)21-24/h4-9,14,16H,10H2,1-3H3,(H,20,23). The molecule has 0 aliphatic heterocycles. The predicted octanol–water partition coefficient (Wildman–Crippen LogP) is 4.13. The van der Waals surface area contributed by atoms with E-state index in [9.17, 15) is 14.5 Å². The van der Waals surface area contributed by atoms with E-state index in [0.717, 1.165) is 17.4 Å². The Kier molecular flexibility index (Phi) is 4.29. The number of amides is 2. The first kappa shape index (κ1) is 17.1. The van der Waals surface area contributed by atoms with Crippen LogP contribution in [0.15, 0.2) is 41.6 Å². The average Bonchev–Trinajstić information content (AvgIpc) is 3.30. The maximum atomic E-state index is 11.9. The van der Waals surface area contributed by atoms with Gasteiger partial charge in [0.1, 0.15) is 5.60 Å². The van der Waals surface area contributed by atoms with E-state index in [1.54, 1.807) is 12.1 Å². The number of nitrogens with one attached hydrogen (secondary N) is 1. The third kappa shape index (κ3) is 3.84. The molecule has 1 saturated carbocycles. The number of nitrogens with zero attached hydrogens (tertiary/aromatic N) is 1. The van der Waals surface area contributed by atoms with E-state index in [0.29, 0.717) is 10.9 Å². The molecule has 1 aliphatic carbocycles. The number of fused-ring (bicyclic) bond motifs is 1. The average molecular weight is 340 g/mol. The number of hydrogen-bond donors (Lipinski definition) is 1. The molecule has 0 heterocycles. The van der Waals surface area contributed by atoms with Gasteiger partial charge >= 0.3 is 12.0 Å². The fraction of sp³-hybridized carbons (Fsp3) is 0.368. The second kappa shape index (κ2) is 6.27. The van der Waals surface area contributed by atoms with Gasteiger partial charge in [-0.2, -0.15) is 0 Å². The van der Waals surface area contributed by atoms with Gasteiger partial charge in [0.2, 0.25) is 0 Å². The lowest BCUT2D eigenvalue weighted by Gasteiger charge is -2.19. The number of rotatable bonds is 3. The van der Waals surface area contributed by atoms with Gasteiger partial charge in [-0.1, -0.05) is 30.3 Å². The summed E-state index contributed by atoms with van der Waals surface area (Å²) in [5.74, 6) is -0.689. The van der Waals surface area contributed by atoms with Crippen molar-refractivity contribution in [1.29, 1.82) is 0 Å². The molecule has 2 unspecified atom stereocenters. The third-order valence-electron chi connectivity index (χ3n) is 4.12. The number of hydrogen-bond acceptors (Lipinski definition) is 4. The summed E-state index contributed by atoms with van der Waals surface area (Å²) in [6.07, 6.45) is 0.311. The largest absolute Gasteiger partial charge is 0.444 e. The smallest absolute Gasteiger partial charge is 0.407 e. The molecular weight excluding hydrogens is 320 g/mol. The van der Waals surface area contributed by atoms with E-state index in [1.807, 2.05) is 45.0 Å². The first-order valence-corrected chi connectivity index (χ1v) is 8.18. The zero-order valence-electron chi connectivity index (χ0n) is 14.4. The number of alkyl carbamates (subject to hydrolysis) is 1. The second-order valence-electron chi connectivity index (χ2n) is 7.28. The molecule has 0 saturated heterocycles. The van der Waals surface area contributed by atoms with Crippen LogP contribution in [0.2, 0.25) is 0 Å². The van der Waals surface area contributed by atoms with Gasteiger partial charge < -0.3 is 10.1 Å². The predicted molar refractivity (Wildman–Crippen MR) is 94.6 cm³/mol. The van der Waals surface area contributed by atoms with Crippen LogP contribution < -0.4 is 5.32 Å². The monoisotopic (exact) mass is 340 g/mol. The molecule has 2 aromatic rings. The minimum atomic E-state index is -0.782. The number of carbonyl (C=O) groups excluding carboxylic acids is 2. The fourth-order valence-corrected chi connectivity index (χ4v) is 2.96. The van der Waals surface area contributed by atoms with E-state index in [1.165, 1.54) is 0 Å². The number of nitroso groups, excluding NO2 is 1. The Morgan fingerprint density at radius 3 is 2.60 bits per heavy atom. The van der Waals surface area contributed by atoms with Crippen LogP contribution in [0.1, 0.15) is 49.0 Å². The lowest BCUT2D eigenvalue weighted by molar-refractivity contribution is 0.0522. The van der Waals surface area contributed by atoms with Gasteiger partial charge in [-0.3, -0.25) is 4.79 Å². The van der Waals surface area contributed by atoms with Gasteiger partial charge in [0.05, 0.1) is 5.56 Å². The van der Waals surface area contributed by atoms with Crippen molar-refractivity contribution in [2.45, 2.75) is 44.8 Å². The van der Waals surface area contributed by atoms with E-state index in [-0.39, 0.29) is 12.0 Å². The highest BCUT2D eigenvalue weighted by atomic mass is 16.6. The molecule has 0 radical (unpaired) electrons. The Balaban J connectivity index is 1.82. The van der Waals surface area contributed by atoms with Crippen molar-refractivity contribution < 1.29 is 14.3 Å². The molecule has 130 valence electrons. The van der Waals surface area contributed by atoms with Gasteiger partial charge in [-0.05, 0) is 49.6 Å². The molecule has 3 rings (SSSR count). The van der Waals surface area contributed by atoms with Crippen LogP contribution in [0.25, 0.3) is 10.8 Å². The van der Waals surface area contributed by atoms with E-state index in [4.69, 9.17) is 4.74 Å². The molecular formula is C19H20N2O4. The van der Waals surface area contributed by atoms with Crippen molar-refractivity contribution in [2.24, 2.45) is 5.18 Å². The number of benzene rings is 2. The summed E-state index contributed by atoms with van der Waals surface area (Å²) in [5, 5.41) is 6.97. The summed E-state index contributed by atoms with van der Waals surface area (Å²) in [4.78, 5) is 34.5. The van der Waals surface area contributed by atoms with Gasteiger partial charge in [0, 0.05) is 17.1 Å². The Morgan fingerprint density at radius 1 is 1.20 bits per heavy atom. The highest BCUT2D eigenvalue weighted by molar-refractivity contribution is 6.07.